The van der Waals surface area contributed by atoms with Gasteiger partial charge in [0.2, 0.25) is 11.1 Å². The van der Waals surface area contributed by atoms with Crippen LogP contribution in [0.25, 0.3) is 16.9 Å². The zero-order valence-corrected chi connectivity index (χ0v) is 15.6. The van der Waals surface area contributed by atoms with Crippen molar-refractivity contribution in [2.24, 2.45) is 0 Å². The first-order valence-electron chi connectivity index (χ1n) is 8.15. The quantitative estimate of drug-likeness (QED) is 0.513. The summed E-state index contributed by atoms with van der Waals surface area (Å²) in [6.45, 7) is 0. The number of aromatic nitrogens is 4. The number of amides is 1. The molecule has 0 aliphatic carbocycles. The second kappa shape index (κ2) is 7.77. The minimum absolute atomic E-state index is 0.114. The Morgan fingerprint density at radius 3 is 2.56 bits per heavy atom. The van der Waals surface area contributed by atoms with E-state index in [2.05, 4.69) is 20.6 Å². The molecule has 0 saturated heterocycles. The van der Waals surface area contributed by atoms with Gasteiger partial charge in [0.15, 0.2) is 5.65 Å². The summed E-state index contributed by atoms with van der Waals surface area (Å²) >= 11 is 7.23. The largest absolute Gasteiger partial charge is 0.325 e. The molecule has 2 aromatic heterocycles. The summed E-state index contributed by atoms with van der Waals surface area (Å²) in [6, 6.07) is 20.5. The topological polar surface area (TPSA) is 72.2 Å². The Morgan fingerprint density at radius 1 is 1.00 bits per heavy atom. The van der Waals surface area contributed by atoms with Crippen molar-refractivity contribution in [2.75, 3.05) is 11.1 Å². The second-order valence-electron chi connectivity index (χ2n) is 5.68. The molecule has 0 bridgehead atoms. The fourth-order valence-corrected chi connectivity index (χ4v) is 3.30. The molecule has 0 saturated carbocycles. The van der Waals surface area contributed by atoms with Crippen LogP contribution in [0.15, 0.2) is 71.9 Å². The van der Waals surface area contributed by atoms with Crippen molar-refractivity contribution in [1.82, 2.24) is 19.8 Å². The van der Waals surface area contributed by atoms with Crippen molar-refractivity contribution in [3.05, 3.63) is 71.8 Å². The van der Waals surface area contributed by atoms with Crippen LogP contribution in [0.3, 0.4) is 0 Å². The van der Waals surface area contributed by atoms with Gasteiger partial charge in [-0.25, -0.2) is 0 Å². The van der Waals surface area contributed by atoms with Gasteiger partial charge < -0.3 is 5.32 Å². The maximum Gasteiger partial charge on any atom is 0.234 e. The molecule has 0 aliphatic rings. The van der Waals surface area contributed by atoms with Crippen molar-refractivity contribution in [2.45, 2.75) is 5.16 Å². The first kappa shape index (κ1) is 17.5. The van der Waals surface area contributed by atoms with Crippen LogP contribution in [-0.4, -0.2) is 31.5 Å². The van der Waals surface area contributed by atoms with E-state index in [1.165, 1.54) is 11.8 Å². The normalized spacial score (nSPS) is 10.9. The van der Waals surface area contributed by atoms with Gasteiger partial charge in [0.25, 0.3) is 0 Å². The van der Waals surface area contributed by atoms with Crippen LogP contribution >= 0.6 is 23.4 Å². The van der Waals surface area contributed by atoms with E-state index in [1.807, 2.05) is 66.7 Å². The van der Waals surface area contributed by atoms with Crippen LogP contribution < -0.4 is 5.32 Å². The van der Waals surface area contributed by atoms with Crippen LogP contribution in [0.1, 0.15) is 0 Å². The molecule has 0 spiro atoms. The van der Waals surface area contributed by atoms with E-state index in [1.54, 1.807) is 4.52 Å². The summed E-state index contributed by atoms with van der Waals surface area (Å²) in [5.41, 5.74) is 3.10. The molecule has 1 amide bonds. The molecule has 0 fully saturated rings. The molecule has 0 atom stereocenters. The summed E-state index contributed by atoms with van der Waals surface area (Å²) in [6.07, 6.45) is 0. The lowest BCUT2D eigenvalue weighted by Gasteiger charge is -2.05. The lowest BCUT2D eigenvalue weighted by Crippen LogP contribution is -2.14. The van der Waals surface area contributed by atoms with Crippen LogP contribution in [0.5, 0.6) is 0 Å². The van der Waals surface area contributed by atoms with Crippen LogP contribution in [-0.2, 0) is 4.79 Å². The Balaban J connectivity index is 1.51. The number of nitrogens with one attached hydrogen (secondary N) is 1. The van der Waals surface area contributed by atoms with Gasteiger partial charge in [-0.3, -0.25) is 4.79 Å². The maximum atomic E-state index is 12.1. The van der Waals surface area contributed by atoms with Gasteiger partial charge in [0, 0.05) is 16.3 Å². The molecule has 4 rings (SSSR count). The third kappa shape index (κ3) is 4.10. The van der Waals surface area contributed by atoms with Gasteiger partial charge in [0.1, 0.15) is 0 Å². The van der Waals surface area contributed by atoms with E-state index in [-0.39, 0.29) is 11.7 Å². The second-order valence-corrected chi connectivity index (χ2v) is 7.06. The highest BCUT2D eigenvalue weighted by Crippen LogP contribution is 2.22. The highest BCUT2D eigenvalue weighted by molar-refractivity contribution is 7.99. The Kier molecular flexibility index (Phi) is 5.04. The number of halogens is 1. The first-order chi connectivity index (χ1) is 13.2. The minimum Gasteiger partial charge on any atom is -0.325 e. The number of rotatable bonds is 5. The SMILES string of the molecule is O=C(CSc1nnc2ccc(-c3ccc(Cl)cc3)nn12)Nc1ccccc1. The van der Waals surface area contributed by atoms with Gasteiger partial charge in [0.05, 0.1) is 11.4 Å². The molecular formula is C19H14ClN5OS. The Bertz CT molecular complexity index is 1080. The lowest BCUT2D eigenvalue weighted by molar-refractivity contribution is -0.113. The number of para-hydroxylation sites is 1. The number of anilines is 1. The molecule has 1 N–H and O–H groups in total. The predicted octanol–water partition coefficient (Wildman–Crippen LogP) is 4.18. The smallest absolute Gasteiger partial charge is 0.234 e. The van der Waals surface area contributed by atoms with Gasteiger partial charge in [-0.05, 0) is 36.4 Å². The molecule has 27 heavy (non-hydrogen) atoms. The fraction of sp³-hybridized carbons (Fsp3) is 0.0526. The van der Waals surface area contributed by atoms with Crippen LogP contribution in [0.2, 0.25) is 5.02 Å². The van der Waals surface area contributed by atoms with E-state index in [0.29, 0.717) is 15.8 Å². The molecular weight excluding hydrogens is 382 g/mol. The predicted molar refractivity (Wildman–Crippen MR) is 107 cm³/mol. The summed E-state index contributed by atoms with van der Waals surface area (Å²) < 4.78 is 1.64. The minimum atomic E-state index is -0.114. The molecule has 0 radical (unpaired) electrons. The Labute approximate surface area is 164 Å². The number of hydrogen-bond donors (Lipinski definition) is 1. The zero-order valence-electron chi connectivity index (χ0n) is 14.0. The van der Waals surface area contributed by atoms with Crippen molar-refractivity contribution >= 4 is 40.6 Å². The van der Waals surface area contributed by atoms with E-state index < -0.39 is 0 Å². The summed E-state index contributed by atoms with van der Waals surface area (Å²) in [5, 5.41) is 16.9. The highest BCUT2D eigenvalue weighted by Gasteiger charge is 2.12. The molecule has 8 heteroatoms. The van der Waals surface area contributed by atoms with Gasteiger partial charge >= 0.3 is 0 Å². The Morgan fingerprint density at radius 2 is 1.78 bits per heavy atom. The lowest BCUT2D eigenvalue weighted by atomic mass is 10.1. The molecule has 4 aromatic rings. The number of thioether (sulfide) groups is 1. The van der Waals surface area contributed by atoms with E-state index in [0.717, 1.165) is 16.9 Å². The first-order valence-corrected chi connectivity index (χ1v) is 9.51. The number of benzene rings is 2. The fourth-order valence-electron chi connectivity index (χ4n) is 2.48. The number of carbonyl (C=O) groups is 1. The average Bonchev–Trinajstić information content (AvgIpc) is 3.10. The van der Waals surface area contributed by atoms with Crippen molar-refractivity contribution in [3.63, 3.8) is 0 Å². The summed E-state index contributed by atoms with van der Waals surface area (Å²) in [5.74, 6) is 0.0968. The van der Waals surface area contributed by atoms with Gasteiger partial charge in [-0.15, -0.1) is 10.2 Å². The van der Waals surface area contributed by atoms with Gasteiger partial charge in [-0.2, -0.15) is 9.61 Å². The third-order valence-electron chi connectivity index (χ3n) is 3.76. The molecule has 2 heterocycles. The van der Waals surface area contributed by atoms with Crippen molar-refractivity contribution in [3.8, 4) is 11.3 Å². The number of carbonyl (C=O) groups excluding carboxylic acids is 1. The molecule has 2 aromatic carbocycles. The molecule has 0 aliphatic heterocycles. The number of fused-ring (bicyclic) bond motifs is 1. The monoisotopic (exact) mass is 395 g/mol. The Hall–Kier alpha value is -2.90. The summed E-state index contributed by atoms with van der Waals surface area (Å²) in [7, 11) is 0. The standard InChI is InChI=1S/C19H14ClN5OS/c20-14-8-6-13(7-9-14)16-10-11-17-22-23-19(25(17)24-16)27-12-18(26)21-15-4-2-1-3-5-15/h1-11H,12H2,(H,21,26). The number of nitrogens with zero attached hydrogens (tertiary/aromatic N) is 4. The molecule has 134 valence electrons. The highest BCUT2D eigenvalue weighted by atomic mass is 35.5. The van der Waals surface area contributed by atoms with Crippen LogP contribution in [0.4, 0.5) is 5.69 Å². The molecule has 0 unspecified atom stereocenters. The zero-order chi connectivity index (χ0) is 18.6. The summed E-state index contributed by atoms with van der Waals surface area (Å²) in [4.78, 5) is 12.1. The molecule has 6 nitrogen and oxygen atoms in total. The van der Waals surface area contributed by atoms with Gasteiger partial charge in [-0.1, -0.05) is 53.7 Å². The van der Waals surface area contributed by atoms with Crippen molar-refractivity contribution in [1.29, 1.82) is 0 Å². The van der Waals surface area contributed by atoms with E-state index in [9.17, 15) is 4.79 Å². The van der Waals surface area contributed by atoms with Crippen LogP contribution in [0, 0.1) is 0 Å². The number of hydrogen-bond acceptors (Lipinski definition) is 5. The maximum absolute atomic E-state index is 12.1. The third-order valence-corrected chi connectivity index (χ3v) is 4.94. The van der Waals surface area contributed by atoms with E-state index >= 15 is 0 Å². The van der Waals surface area contributed by atoms with Crippen molar-refractivity contribution < 1.29 is 4.79 Å². The van der Waals surface area contributed by atoms with E-state index in [4.69, 9.17) is 11.6 Å². The average molecular weight is 396 g/mol.